The molecule has 0 aromatic heterocycles. The van der Waals surface area contributed by atoms with Crippen LogP contribution in [0.3, 0.4) is 0 Å². The maximum atomic E-state index is 12.4. The molecule has 5 heteroatoms. The van der Waals surface area contributed by atoms with Gasteiger partial charge in [0.1, 0.15) is 0 Å². The average Bonchev–Trinajstić information content (AvgIpc) is 2.36. The number of benzene rings is 1. The Morgan fingerprint density at radius 3 is 2.45 bits per heavy atom. The number of hydrogen-bond acceptors (Lipinski definition) is 2. The minimum Gasteiger partial charge on any atom is -0.393 e. The van der Waals surface area contributed by atoms with Gasteiger partial charge in [-0.05, 0) is 23.6 Å². The third-order valence-corrected chi connectivity index (χ3v) is 3.57. The summed E-state index contributed by atoms with van der Waals surface area (Å²) in [5.41, 5.74) is 6.55. The molecule has 0 bridgehead atoms. The van der Waals surface area contributed by atoms with Gasteiger partial charge in [-0.1, -0.05) is 54.1 Å². The first kappa shape index (κ1) is 17.1. The van der Waals surface area contributed by atoms with Crippen LogP contribution in [0.5, 0.6) is 0 Å². The molecule has 1 aromatic rings. The fraction of sp³-hybridized carbons (Fsp3) is 0.467. The van der Waals surface area contributed by atoms with Crippen molar-refractivity contribution in [1.82, 2.24) is 4.90 Å². The van der Waals surface area contributed by atoms with Crippen LogP contribution in [-0.4, -0.2) is 28.9 Å². The topological polar surface area (TPSA) is 46.3 Å². The normalized spacial score (nSPS) is 10.6. The Kier molecular flexibility index (Phi) is 7.16. The average molecular weight is 357 g/mol. The number of thiocarbonyl (C=S) groups is 1. The van der Waals surface area contributed by atoms with Crippen LogP contribution in [0.15, 0.2) is 28.7 Å². The highest BCUT2D eigenvalue weighted by Crippen LogP contribution is 2.12. The lowest BCUT2D eigenvalue weighted by atomic mass is 10.1. The molecule has 0 radical (unpaired) electrons. The molecule has 0 aliphatic rings. The lowest BCUT2D eigenvalue weighted by Crippen LogP contribution is -2.37. The van der Waals surface area contributed by atoms with Crippen molar-refractivity contribution in [2.45, 2.75) is 26.7 Å². The fourth-order valence-corrected chi connectivity index (χ4v) is 2.25. The van der Waals surface area contributed by atoms with E-state index in [1.165, 1.54) is 0 Å². The summed E-state index contributed by atoms with van der Waals surface area (Å²) in [7, 11) is 0. The number of carbonyl (C=O) groups is 1. The van der Waals surface area contributed by atoms with E-state index in [0.717, 1.165) is 16.6 Å². The molecule has 1 amide bonds. The zero-order chi connectivity index (χ0) is 15.1. The van der Waals surface area contributed by atoms with Crippen molar-refractivity contribution in [3.8, 4) is 0 Å². The second kappa shape index (κ2) is 8.37. The zero-order valence-electron chi connectivity index (χ0n) is 11.9. The number of nitrogens with zero attached hydrogens (tertiary/aromatic N) is 1. The van der Waals surface area contributed by atoms with E-state index in [1.807, 2.05) is 29.2 Å². The maximum absolute atomic E-state index is 12.4. The molecule has 1 rings (SSSR count). The first-order valence-electron chi connectivity index (χ1n) is 6.69. The molecule has 0 heterocycles. The van der Waals surface area contributed by atoms with Gasteiger partial charge in [0.05, 0.1) is 11.4 Å². The van der Waals surface area contributed by atoms with Crippen LogP contribution in [-0.2, 0) is 11.2 Å². The molecule has 0 atom stereocenters. The van der Waals surface area contributed by atoms with Crippen molar-refractivity contribution in [3.63, 3.8) is 0 Å². The second-order valence-corrected chi connectivity index (χ2v) is 6.69. The van der Waals surface area contributed by atoms with Crippen LogP contribution in [0.4, 0.5) is 0 Å². The molecule has 0 spiro atoms. The Morgan fingerprint density at radius 1 is 1.35 bits per heavy atom. The minimum absolute atomic E-state index is 0.122. The van der Waals surface area contributed by atoms with E-state index < -0.39 is 0 Å². The highest BCUT2D eigenvalue weighted by atomic mass is 79.9. The quantitative estimate of drug-likeness (QED) is 0.763. The van der Waals surface area contributed by atoms with Crippen LogP contribution in [0.1, 0.15) is 25.8 Å². The van der Waals surface area contributed by atoms with Gasteiger partial charge in [-0.2, -0.15) is 0 Å². The van der Waals surface area contributed by atoms with Crippen LogP contribution in [0.25, 0.3) is 0 Å². The predicted octanol–water partition coefficient (Wildman–Crippen LogP) is 3.15. The molecule has 0 fully saturated rings. The SMILES string of the molecule is CC(C)CN(CCC(N)=S)C(=O)Cc1ccc(Br)cc1. The number of amides is 1. The molecular formula is C15H21BrN2OS. The van der Waals surface area contributed by atoms with E-state index in [2.05, 4.69) is 29.8 Å². The number of rotatable bonds is 7. The number of carbonyl (C=O) groups excluding carboxylic acids is 1. The summed E-state index contributed by atoms with van der Waals surface area (Å²) < 4.78 is 1.02. The molecule has 20 heavy (non-hydrogen) atoms. The molecule has 0 unspecified atom stereocenters. The molecule has 0 saturated heterocycles. The maximum Gasteiger partial charge on any atom is 0.227 e. The third-order valence-electron chi connectivity index (χ3n) is 2.83. The molecule has 110 valence electrons. The molecule has 3 nitrogen and oxygen atoms in total. The van der Waals surface area contributed by atoms with Crippen molar-refractivity contribution < 1.29 is 4.79 Å². The summed E-state index contributed by atoms with van der Waals surface area (Å²) in [5.74, 6) is 0.549. The van der Waals surface area contributed by atoms with Gasteiger partial charge in [0.15, 0.2) is 0 Å². The molecule has 0 aliphatic carbocycles. The van der Waals surface area contributed by atoms with E-state index in [0.29, 0.717) is 30.3 Å². The molecule has 2 N–H and O–H groups in total. The van der Waals surface area contributed by atoms with Crippen molar-refractivity contribution in [1.29, 1.82) is 0 Å². The third kappa shape index (κ3) is 6.48. The number of hydrogen-bond donors (Lipinski definition) is 1. The Hall–Kier alpha value is -0.940. The van der Waals surface area contributed by atoms with E-state index >= 15 is 0 Å². The second-order valence-electron chi connectivity index (χ2n) is 5.25. The molecule has 1 aromatic carbocycles. The smallest absolute Gasteiger partial charge is 0.227 e. The highest BCUT2D eigenvalue weighted by molar-refractivity contribution is 9.10. The van der Waals surface area contributed by atoms with Gasteiger partial charge in [0, 0.05) is 24.0 Å². The largest absolute Gasteiger partial charge is 0.393 e. The van der Waals surface area contributed by atoms with Crippen molar-refractivity contribution in [2.75, 3.05) is 13.1 Å². The molecular weight excluding hydrogens is 336 g/mol. The van der Waals surface area contributed by atoms with Gasteiger partial charge in [-0.25, -0.2) is 0 Å². The van der Waals surface area contributed by atoms with Crippen molar-refractivity contribution >= 4 is 39.0 Å². The monoisotopic (exact) mass is 356 g/mol. The van der Waals surface area contributed by atoms with Gasteiger partial charge in [0.25, 0.3) is 0 Å². The summed E-state index contributed by atoms with van der Waals surface area (Å²) in [5, 5.41) is 0. The van der Waals surface area contributed by atoms with E-state index in [9.17, 15) is 4.79 Å². The van der Waals surface area contributed by atoms with Crippen LogP contribution >= 0.6 is 28.1 Å². The zero-order valence-corrected chi connectivity index (χ0v) is 14.3. The van der Waals surface area contributed by atoms with Gasteiger partial charge in [-0.15, -0.1) is 0 Å². The summed E-state index contributed by atoms with van der Waals surface area (Å²) in [6.45, 7) is 5.53. The van der Waals surface area contributed by atoms with Crippen LogP contribution < -0.4 is 5.73 Å². The summed E-state index contributed by atoms with van der Waals surface area (Å²) in [6.07, 6.45) is 0.992. The summed E-state index contributed by atoms with van der Waals surface area (Å²) in [4.78, 5) is 14.7. The first-order valence-corrected chi connectivity index (χ1v) is 7.89. The Balaban J connectivity index is 2.66. The van der Waals surface area contributed by atoms with E-state index in [1.54, 1.807) is 0 Å². The van der Waals surface area contributed by atoms with Gasteiger partial charge >= 0.3 is 0 Å². The van der Waals surface area contributed by atoms with Crippen molar-refractivity contribution in [2.24, 2.45) is 11.7 Å². The van der Waals surface area contributed by atoms with Gasteiger partial charge in [-0.3, -0.25) is 4.79 Å². The van der Waals surface area contributed by atoms with Crippen LogP contribution in [0, 0.1) is 5.92 Å². The van der Waals surface area contributed by atoms with Gasteiger partial charge in [0.2, 0.25) is 5.91 Å². The standard InChI is InChI=1S/C15H21BrN2OS/c1-11(2)10-18(8-7-14(17)20)15(19)9-12-3-5-13(16)6-4-12/h3-6,11H,7-10H2,1-2H3,(H2,17,20). The Morgan fingerprint density at radius 2 is 1.95 bits per heavy atom. The lowest BCUT2D eigenvalue weighted by molar-refractivity contribution is -0.130. The number of halogens is 1. The predicted molar refractivity (Wildman–Crippen MR) is 90.7 cm³/mol. The fourth-order valence-electron chi connectivity index (χ4n) is 1.89. The van der Waals surface area contributed by atoms with Crippen molar-refractivity contribution in [3.05, 3.63) is 34.3 Å². The molecule has 0 saturated carbocycles. The van der Waals surface area contributed by atoms with Gasteiger partial charge < -0.3 is 10.6 Å². The highest BCUT2D eigenvalue weighted by Gasteiger charge is 2.15. The minimum atomic E-state index is 0.122. The molecule has 0 aliphatic heterocycles. The first-order chi connectivity index (χ1) is 9.38. The summed E-state index contributed by atoms with van der Waals surface area (Å²) in [6, 6.07) is 7.82. The van der Waals surface area contributed by atoms with Crippen LogP contribution in [0.2, 0.25) is 0 Å². The van der Waals surface area contributed by atoms with E-state index in [4.69, 9.17) is 18.0 Å². The van der Waals surface area contributed by atoms with E-state index in [-0.39, 0.29) is 5.91 Å². The summed E-state index contributed by atoms with van der Waals surface area (Å²) >= 11 is 8.28. The lowest BCUT2D eigenvalue weighted by Gasteiger charge is -2.24. The Labute approximate surface area is 134 Å². The Bertz CT molecular complexity index is 459. The number of nitrogens with two attached hydrogens (primary N) is 1.